The number of nitrogens with zero attached hydrogens (tertiary/aromatic N) is 1. The average Bonchev–Trinajstić information content (AvgIpc) is 2.89. The van der Waals surface area contributed by atoms with Gasteiger partial charge in [-0.3, -0.25) is 4.79 Å². The maximum atomic E-state index is 13.9. The maximum absolute atomic E-state index is 13.9. The Kier molecular flexibility index (Phi) is 9.65. The number of nitrogens with one attached hydrogen (secondary N) is 1. The highest BCUT2D eigenvalue weighted by molar-refractivity contribution is 5.86. The zero-order chi connectivity index (χ0) is 26.2. The molecule has 2 saturated heterocycles. The average molecular weight is 505 g/mol. The normalized spacial score (nSPS) is 24.3. The van der Waals surface area contributed by atoms with Gasteiger partial charge < -0.3 is 15.0 Å². The van der Waals surface area contributed by atoms with E-state index in [2.05, 4.69) is 61.3 Å². The van der Waals surface area contributed by atoms with Crippen molar-refractivity contribution in [1.29, 1.82) is 0 Å². The number of alkyl carbamates (subject to hydrolysis) is 1. The fourth-order valence-electron chi connectivity index (χ4n) is 6.31. The van der Waals surface area contributed by atoms with E-state index in [1.54, 1.807) is 0 Å². The fourth-order valence-corrected chi connectivity index (χ4v) is 6.31. The fraction of sp³-hybridized carbons (Fsp3) is 0.562. The third kappa shape index (κ3) is 7.83. The molecule has 2 heterocycles. The number of carbonyl (C=O) groups excluding carboxylic acids is 2. The van der Waals surface area contributed by atoms with Gasteiger partial charge in [0, 0.05) is 12.6 Å². The standard InChI is InChI=1S/C32H44N2O3/c1-23(2)18-30(33-32(36)37-22-26-12-8-5-9-13-26)31(35)34-21-27-15-17-29(34)20-28(24(3)19-27)16-14-25-10-6-4-7-11-25/h4-13,23-24,27-30H,14-22H2,1-3H3,(H,33,36). The van der Waals surface area contributed by atoms with Crippen LogP contribution in [0, 0.1) is 23.7 Å². The van der Waals surface area contributed by atoms with E-state index in [1.165, 1.54) is 18.4 Å². The van der Waals surface area contributed by atoms with Gasteiger partial charge in [-0.2, -0.15) is 0 Å². The molecule has 1 aliphatic carbocycles. The highest BCUT2D eigenvalue weighted by Gasteiger charge is 2.40. The smallest absolute Gasteiger partial charge is 0.408 e. The van der Waals surface area contributed by atoms with Crippen molar-refractivity contribution in [2.75, 3.05) is 6.54 Å². The van der Waals surface area contributed by atoms with E-state index in [1.807, 2.05) is 30.3 Å². The van der Waals surface area contributed by atoms with E-state index < -0.39 is 12.1 Å². The molecular formula is C32H44N2O3. The molecule has 2 aliphatic heterocycles. The van der Waals surface area contributed by atoms with Gasteiger partial charge in [0.15, 0.2) is 0 Å². The molecule has 1 saturated carbocycles. The molecule has 5 heteroatoms. The van der Waals surface area contributed by atoms with Crippen molar-refractivity contribution < 1.29 is 14.3 Å². The Hall–Kier alpha value is -2.82. The lowest BCUT2D eigenvalue weighted by Gasteiger charge is -2.47. The van der Waals surface area contributed by atoms with Gasteiger partial charge in [-0.25, -0.2) is 4.79 Å². The van der Waals surface area contributed by atoms with Crippen molar-refractivity contribution in [2.45, 2.75) is 84.4 Å². The first-order valence-electron chi connectivity index (χ1n) is 14.2. The predicted molar refractivity (Wildman–Crippen MR) is 148 cm³/mol. The van der Waals surface area contributed by atoms with E-state index in [0.29, 0.717) is 24.2 Å². The lowest BCUT2D eigenvalue weighted by atomic mass is 9.72. The lowest BCUT2D eigenvalue weighted by molar-refractivity contribution is -0.140. The summed E-state index contributed by atoms with van der Waals surface area (Å²) >= 11 is 0. The van der Waals surface area contributed by atoms with Crippen LogP contribution in [-0.4, -0.2) is 35.5 Å². The molecule has 0 radical (unpaired) electrons. The van der Waals surface area contributed by atoms with Crippen molar-refractivity contribution in [1.82, 2.24) is 10.2 Å². The Balaban J connectivity index is 1.41. The molecule has 5 nitrogen and oxygen atoms in total. The number of benzene rings is 2. The monoisotopic (exact) mass is 504 g/mol. The van der Waals surface area contributed by atoms with Crippen molar-refractivity contribution in [3.8, 4) is 0 Å². The molecule has 0 spiro atoms. The van der Waals surface area contributed by atoms with Gasteiger partial charge in [-0.1, -0.05) is 81.4 Å². The minimum atomic E-state index is -0.552. The molecular weight excluding hydrogens is 460 g/mol. The van der Waals surface area contributed by atoms with E-state index >= 15 is 0 Å². The van der Waals surface area contributed by atoms with Crippen LogP contribution in [0.2, 0.25) is 0 Å². The Labute approximate surface area is 223 Å². The van der Waals surface area contributed by atoms with Crippen LogP contribution in [0.3, 0.4) is 0 Å². The minimum Gasteiger partial charge on any atom is -0.445 e. The van der Waals surface area contributed by atoms with Gasteiger partial charge in [0.25, 0.3) is 0 Å². The molecule has 0 aromatic heterocycles. The molecule has 2 aromatic carbocycles. The van der Waals surface area contributed by atoms with Crippen molar-refractivity contribution in [2.24, 2.45) is 23.7 Å². The largest absolute Gasteiger partial charge is 0.445 e. The second kappa shape index (κ2) is 13.1. The van der Waals surface area contributed by atoms with Gasteiger partial charge in [-0.15, -0.1) is 0 Å². The van der Waals surface area contributed by atoms with Gasteiger partial charge in [0.1, 0.15) is 12.6 Å². The Morgan fingerprint density at radius 2 is 1.65 bits per heavy atom. The van der Waals surface area contributed by atoms with Crippen molar-refractivity contribution in [3.63, 3.8) is 0 Å². The SMILES string of the molecule is CC(C)CC(NC(=O)OCc1ccccc1)C(=O)N1CC2CCC1CC(CCc1ccccc1)C(C)C2. The van der Waals surface area contributed by atoms with Crippen LogP contribution in [0.25, 0.3) is 0 Å². The van der Waals surface area contributed by atoms with E-state index in [4.69, 9.17) is 4.74 Å². The molecule has 3 aliphatic rings. The zero-order valence-corrected chi connectivity index (χ0v) is 22.8. The van der Waals surface area contributed by atoms with Crippen LogP contribution in [0.1, 0.15) is 70.4 Å². The number of aryl methyl sites for hydroxylation is 1. The number of amides is 2. The van der Waals surface area contributed by atoms with E-state index in [9.17, 15) is 9.59 Å². The first-order valence-corrected chi connectivity index (χ1v) is 14.2. The minimum absolute atomic E-state index is 0.0661. The zero-order valence-electron chi connectivity index (χ0n) is 22.8. The van der Waals surface area contributed by atoms with Gasteiger partial charge in [-0.05, 0) is 79.7 Å². The number of ether oxygens (including phenoxy) is 1. The molecule has 3 fully saturated rings. The topological polar surface area (TPSA) is 58.6 Å². The number of hydrogen-bond acceptors (Lipinski definition) is 3. The highest BCUT2D eigenvalue weighted by atomic mass is 16.5. The summed E-state index contributed by atoms with van der Waals surface area (Å²) in [5, 5.41) is 2.93. The van der Waals surface area contributed by atoms with E-state index in [-0.39, 0.29) is 24.5 Å². The van der Waals surface area contributed by atoms with Crippen LogP contribution >= 0.6 is 0 Å². The van der Waals surface area contributed by atoms with E-state index in [0.717, 1.165) is 37.8 Å². The molecule has 1 N–H and O–H groups in total. The molecule has 5 rings (SSSR count). The molecule has 37 heavy (non-hydrogen) atoms. The quantitative estimate of drug-likeness (QED) is 0.418. The molecule has 2 aromatic rings. The van der Waals surface area contributed by atoms with Crippen molar-refractivity contribution >= 4 is 12.0 Å². The number of carbonyl (C=O) groups is 2. The number of piperidine rings is 1. The highest BCUT2D eigenvalue weighted by Crippen LogP contribution is 2.40. The molecule has 5 atom stereocenters. The summed E-state index contributed by atoms with van der Waals surface area (Å²) in [4.78, 5) is 28.7. The van der Waals surface area contributed by atoms with Crippen LogP contribution in [0.15, 0.2) is 60.7 Å². The van der Waals surface area contributed by atoms with Crippen LogP contribution in [0.5, 0.6) is 0 Å². The lowest BCUT2D eigenvalue weighted by Crippen LogP contribution is -2.56. The van der Waals surface area contributed by atoms with Gasteiger partial charge in [0.05, 0.1) is 0 Å². The summed E-state index contributed by atoms with van der Waals surface area (Å²) in [7, 11) is 0. The second-order valence-electron chi connectivity index (χ2n) is 11.7. The summed E-state index contributed by atoms with van der Waals surface area (Å²) in [6.07, 6.45) is 6.84. The molecule has 2 amide bonds. The van der Waals surface area contributed by atoms with Crippen molar-refractivity contribution in [3.05, 3.63) is 71.8 Å². The Morgan fingerprint density at radius 3 is 2.32 bits per heavy atom. The number of fused-ring (bicyclic) bond motifs is 5. The first-order chi connectivity index (χ1) is 17.9. The number of hydrogen-bond donors (Lipinski definition) is 1. The summed E-state index contributed by atoms with van der Waals surface area (Å²) < 4.78 is 5.47. The van der Waals surface area contributed by atoms with Gasteiger partial charge >= 0.3 is 6.09 Å². The summed E-state index contributed by atoms with van der Waals surface area (Å²) in [6, 6.07) is 20.1. The molecule has 5 unspecified atom stereocenters. The molecule has 200 valence electrons. The van der Waals surface area contributed by atoms with Crippen LogP contribution < -0.4 is 5.32 Å². The second-order valence-corrected chi connectivity index (χ2v) is 11.7. The van der Waals surface area contributed by atoms with Crippen LogP contribution in [0.4, 0.5) is 4.79 Å². The summed E-state index contributed by atoms with van der Waals surface area (Å²) in [6.45, 7) is 7.62. The first kappa shape index (κ1) is 27.2. The third-order valence-electron chi connectivity index (χ3n) is 8.33. The number of rotatable bonds is 9. The predicted octanol–water partition coefficient (Wildman–Crippen LogP) is 6.61. The maximum Gasteiger partial charge on any atom is 0.408 e. The van der Waals surface area contributed by atoms with Gasteiger partial charge in [0.2, 0.25) is 5.91 Å². The Morgan fingerprint density at radius 1 is 0.973 bits per heavy atom. The Bertz CT molecular complexity index is 994. The summed E-state index contributed by atoms with van der Waals surface area (Å²) in [5.41, 5.74) is 2.33. The third-order valence-corrected chi connectivity index (χ3v) is 8.33. The molecule has 2 bridgehead atoms. The summed E-state index contributed by atoms with van der Waals surface area (Å²) in [5.74, 6) is 2.17. The van der Waals surface area contributed by atoms with Crippen LogP contribution in [-0.2, 0) is 22.6 Å².